The third-order valence-corrected chi connectivity index (χ3v) is 7.85. The van der Waals surface area contributed by atoms with Gasteiger partial charge in [0.2, 0.25) is 0 Å². The lowest BCUT2D eigenvalue weighted by Crippen LogP contribution is -2.33. The van der Waals surface area contributed by atoms with Gasteiger partial charge in [-0.1, -0.05) is 54.9 Å². The standard InChI is InChI=1S/C27H38BrN3O2S/c1-8-9-17-15-31(25(30-28)19(17)14-23-29-10-11-34-23)16-22(32)18-12-20(26(2,3)4)24(33)21(13-18)27(5,6)7/h10-13,17,19,33H,8-9,14-16H2,1-7H3/b30-25-/t17-,19-/m1/s1. The van der Waals surface area contributed by atoms with Gasteiger partial charge in [-0.2, -0.15) is 4.02 Å². The fraction of sp³-hybridized carbons (Fsp3) is 0.593. The number of amidine groups is 1. The second kappa shape index (κ2) is 10.5. The highest BCUT2D eigenvalue weighted by atomic mass is 79.9. The van der Waals surface area contributed by atoms with Crippen LogP contribution in [0.1, 0.15) is 87.8 Å². The van der Waals surface area contributed by atoms with Crippen LogP contribution in [0.5, 0.6) is 5.75 Å². The molecule has 1 N–H and O–H groups in total. The lowest BCUT2D eigenvalue weighted by atomic mass is 9.78. The number of phenolic OH excluding ortho intramolecular Hbond substituents is 1. The predicted molar refractivity (Wildman–Crippen MR) is 145 cm³/mol. The molecule has 5 nitrogen and oxygen atoms in total. The number of benzene rings is 1. The largest absolute Gasteiger partial charge is 0.507 e. The van der Waals surface area contributed by atoms with Crippen LogP contribution in [0.15, 0.2) is 27.7 Å². The van der Waals surface area contributed by atoms with Crippen LogP contribution in [0.4, 0.5) is 0 Å². The van der Waals surface area contributed by atoms with Gasteiger partial charge in [0.25, 0.3) is 0 Å². The van der Waals surface area contributed by atoms with E-state index in [9.17, 15) is 9.90 Å². The van der Waals surface area contributed by atoms with Gasteiger partial charge in [-0.25, -0.2) is 4.98 Å². The number of carbonyl (C=O) groups excluding carboxylic acids is 1. The van der Waals surface area contributed by atoms with E-state index < -0.39 is 0 Å². The first kappa shape index (κ1) is 26.9. The first-order valence-corrected chi connectivity index (χ1v) is 13.7. The predicted octanol–water partition coefficient (Wildman–Crippen LogP) is 6.93. The van der Waals surface area contributed by atoms with E-state index in [4.69, 9.17) is 0 Å². The van der Waals surface area contributed by atoms with E-state index in [2.05, 4.69) is 78.5 Å². The molecule has 2 heterocycles. The van der Waals surface area contributed by atoms with Gasteiger partial charge in [-0.05, 0) is 35.3 Å². The zero-order chi connectivity index (χ0) is 25.3. The van der Waals surface area contributed by atoms with Crippen molar-refractivity contribution in [2.45, 2.75) is 78.6 Å². The summed E-state index contributed by atoms with van der Waals surface area (Å²) in [6.45, 7) is 15.7. The molecule has 1 aliphatic rings. The Kier molecular flexibility index (Phi) is 8.29. The first-order chi connectivity index (χ1) is 15.9. The minimum absolute atomic E-state index is 0.0507. The maximum absolute atomic E-state index is 13.6. The van der Waals surface area contributed by atoms with Crippen LogP contribution in [0, 0.1) is 11.8 Å². The summed E-state index contributed by atoms with van der Waals surface area (Å²) >= 11 is 5.03. The van der Waals surface area contributed by atoms with Gasteiger partial charge >= 0.3 is 0 Å². The van der Waals surface area contributed by atoms with E-state index in [-0.39, 0.29) is 29.1 Å². The van der Waals surface area contributed by atoms with Crippen LogP contribution in [0.25, 0.3) is 0 Å². The SMILES string of the molecule is CCC[C@@H]1CN(CC(=O)c2cc(C(C)(C)C)c(O)c(C(C)(C)C)c2)/C(=N\Br)[C@@H]1Cc1nccs1. The number of hydrogen-bond acceptors (Lipinski definition) is 5. The third-order valence-electron chi connectivity index (χ3n) is 6.69. The van der Waals surface area contributed by atoms with Gasteiger partial charge in [0.15, 0.2) is 5.78 Å². The molecule has 1 fully saturated rings. The van der Waals surface area contributed by atoms with Crippen molar-refractivity contribution in [1.82, 2.24) is 9.88 Å². The molecular weight excluding hydrogens is 510 g/mol. The Hall–Kier alpha value is -1.73. The van der Waals surface area contributed by atoms with Crippen molar-refractivity contribution in [3.63, 3.8) is 0 Å². The highest BCUT2D eigenvalue weighted by Gasteiger charge is 2.39. The normalized spacial score (nSPS) is 20.4. The molecule has 1 aromatic heterocycles. The molecule has 1 aromatic carbocycles. The maximum atomic E-state index is 13.6. The number of nitrogens with zero attached hydrogens (tertiary/aromatic N) is 3. The number of thiazole rings is 1. The van der Waals surface area contributed by atoms with Crippen LogP contribution < -0.4 is 0 Å². The van der Waals surface area contributed by atoms with Gasteiger partial charge in [-0.3, -0.25) is 4.79 Å². The Balaban J connectivity index is 1.92. The summed E-state index contributed by atoms with van der Waals surface area (Å²) in [6.07, 6.45) is 4.88. The van der Waals surface area contributed by atoms with E-state index >= 15 is 0 Å². The molecule has 0 amide bonds. The molecule has 0 unspecified atom stereocenters. The lowest BCUT2D eigenvalue weighted by Gasteiger charge is -2.28. The van der Waals surface area contributed by atoms with Gasteiger partial charge in [0, 0.05) is 47.2 Å². The van der Waals surface area contributed by atoms with Crippen LogP contribution in [-0.2, 0) is 17.3 Å². The Labute approximate surface area is 217 Å². The van der Waals surface area contributed by atoms with Crippen molar-refractivity contribution in [2.75, 3.05) is 13.1 Å². The minimum Gasteiger partial charge on any atom is -0.507 e. The molecule has 1 aliphatic heterocycles. The van der Waals surface area contributed by atoms with E-state index in [0.29, 0.717) is 17.2 Å². The lowest BCUT2D eigenvalue weighted by molar-refractivity contribution is 0.0963. The number of likely N-dealkylation sites (tertiary alicyclic amines) is 1. The fourth-order valence-corrected chi connectivity index (χ4v) is 6.04. The monoisotopic (exact) mass is 547 g/mol. The molecule has 0 aliphatic carbocycles. The van der Waals surface area contributed by atoms with Crippen molar-refractivity contribution >= 4 is 39.1 Å². The molecule has 0 radical (unpaired) electrons. The summed E-state index contributed by atoms with van der Waals surface area (Å²) in [7, 11) is 0. The molecule has 0 spiro atoms. The van der Waals surface area contributed by atoms with E-state index in [0.717, 1.165) is 47.8 Å². The van der Waals surface area contributed by atoms with Gasteiger partial charge in [0.1, 0.15) is 11.6 Å². The van der Waals surface area contributed by atoms with Gasteiger partial charge in [-0.15, -0.1) is 11.3 Å². The Morgan fingerprint density at radius 3 is 2.29 bits per heavy atom. The smallest absolute Gasteiger partial charge is 0.182 e. The highest BCUT2D eigenvalue weighted by molar-refractivity contribution is 9.08. The molecule has 1 saturated heterocycles. The summed E-state index contributed by atoms with van der Waals surface area (Å²) < 4.78 is 4.48. The van der Waals surface area contributed by atoms with E-state index in [1.807, 2.05) is 23.7 Å². The molecule has 2 aromatic rings. The molecule has 7 heteroatoms. The van der Waals surface area contributed by atoms with Crippen LogP contribution in [0.2, 0.25) is 0 Å². The summed E-state index contributed by atoms with van der Waals surface area (Å²) in [5, 5.41) is 14.1. The van der Waals surface area contributed by atoms with Crippen molar-refractivity contribution in [1.29, 1.82) is 0 Å². The number of rotatable bonds is 7. The first-order valence-electron chi connectivity index (χ1n) is 12.1. The van der Waals surface area contributed by atoms with Gasteiger partial charge in [0.05, 0.1) is 27.7 Å². The summed E-state index contributed by atoms with van der Waals surface area (Å²) in [4.78, 5) is 20.2. The number of aromatic nitrogens is 1. The second-order valence-corrected chi connectivity index (χ2v) is 12.8. The van der Waals surface area contributed by atoms with Crippen LogP contribution >= 0.6 is 27.5 Å². The maximum Gasteiger partial charge on any atom is 0.182 e. The van der Waals surface area contributed by atoms with Crippen LogP contribution in [-0.4, -0.2) is 39.7 Å². The van der Waals surface area contributed by atoms with Crippen molar-refractivity contribution in [3.05, 3.63) is 45.4 Å². The van der Waals surface area contributed by atoms with Gasteiger partial charge < -0.3 is 10.0 Å². The second-order valence-electron chi connectivity index (χ2n) is 11.5. The van der Waals surface area contributed by atoms with Crippen molar-refractivity contribution in [3.8, 4) is 5.75 Å². The molecule has 2 atom stereocenters. The molecule has 0 saturated carbocycles. The molecule has 3 rings (SSSR count). The van der Waals surface area contributed by atoms with E-state index in [1.165, 1.54) is 0 Å². The zero-order valence-corrected chi connectivity index (χ0v) is 23.9. The van der Waals surface area contributed by atoms with Crippen molar-refractivity contribution < 1.29 is 9.90 Å². The molecular formula is C27H38BrN3O2S. The van der Waals surface area contributed by atoms with Crippen molar-refractivity contribution in [2.24, 2.45) is 15.9 Å². The molecule has 186 valence electrons. The Morgan fingerprint density at radius 1 is 1.21 bits per heavy atom. The number of hydrogen-bond donors (Lipinski definition) is 1. The summed E-state index contributed by atoms with van der Waals surface area (Å²) in [5.74, 6) is 1.97. The average Bonchev–Trinajstić information content (AvgIpc) is 3.35. The fourth-order valence-electron chi connectivity index (χ4n) is 4.88. The number of phenols is 1. The number of Topliss-reactive ketones (excluding diaryl/α,β-unsaturated/α-hetero) is 1. The third kappa shape index (κ3) is 5.91. The van der Waals surface area contributed by atoms with Crippen LogP contribution in [0.3, 0.4) is 0 Å². The molecule has 34 heavy (non-hydrogen) atoms. The van der Waals surface area contributed by atoms with E-state index in [1.54, 1.807) is 11.3 Å². The summed E-state index contributed by atoms with van der Waals surface area (Å²) in [6, 6.07) is 3.76. The number of ketones is 1. The minimum atomic E-state index is -0.276. The number of halogens is 1. The zero-order valence-electron chi connectivity index (χ0n) is 21.5. The average molecular weight is 549 g/mol. The Bertz CT molecular complexity index is 1000. The number of aromatic hydroxyl groups is 1. The number of carbonyl (C=O) groups is 1. The Morgan fingerprint density at radius 2 is 1.82 bits per heavy atom. The quantitative estimate of drug-likeness (QED) is 0.381. The molecule has 0 bridgehead atoms. The highest BCUT2D eigenvalue weighted by Crippen LogP contribution is 2.40. The topological polar surface area (TPSA) is 65.8 Å². The summed E-state index contributed by atoms with van der Waals surface area (Å²) in [5.41, 5.74) is 1.72.